The molecular formula is C11H19NO3. The number of rotatable bonds is 7. The fourth-order valence-electron chi connectivity index (χ4n) is 1.54. The van der Waals surface area contributed by atoms with Gasteiger partial charge < -0.3 is 10.0 Å². The minimum Gasteiger partial charge on any atom is -0.480 e. The molecule has 0 fully saturated rings. The van der Waals surface area contributed by atoms with Crippen LogP contribution >= 0.6 is 0 Å². The molecule has 0 aliphatic rings. The lowest BCUT2D eigenvalue weighted by Gasteiger charge is -2.37. The van der Waals surface area contributed by atoms with Gasteiger partial charge in [0.05, 0.1) is 0 Å². The second-order valence-corrected chi connectivity index (χ2v) is 4.01. The molecule has 0 rings (SSSR count). The van der Waals surface area contributed by atoms with Crippen molar-refractivity contribution in [3.8, 4) is 0 Å². The topological polar surface area (TPSA) is 57.6 Å². The number of allylic oxidation sites excluding steroid dienone is 1. The molecule has 4 nitrogen and oxygen atoms in total. The Balaban J connectivity index is 4.96. The summed E-state index contributed by atoms with van der Waals surface area (Å²) in [5, 5.41) is 9.17. The van der Waals surface area contributed by atoms with Crippen LogP contribution in [0.4, 0.5) is 0 Å². The van der Waals surface area contributed by atoms with E-state index in [1.165, 1.54) is 4.90 Å². The van der Waals surface area contributed by atoms with Crippen LogP contribution in [0.15, 0.2) is 12.7 Å². The molecule has 1 amide bonds. The third-order valence-electron chi connectivity index (χ3n) is 2.54. The summed E-state index contributed by atoms with van der Waals surface area (Å²) in [4.78, 5) is 23.4. The largest absolute Gasteiger partial charge is 0.480 e. The quantitative estimate of drug-likeness (QED) is 0.517. The molecule has 0 aliphatic carbocycles. The Morgan fingerprint density at radius 1 is 1.60 bits per heavy atom. The van der Waals surface area contributed by atoms with E-state index in [-0.39, 0.29) is 6.04 Å². The Kier molecular flexibility index (Phi) is 5.05. The van der Waals surface area contributed by atoms with Gasteiger partial charge in [0.2, 0.25) is 6.41 Å². The van der Waals surface area contributed by atoms with Crippen molar-refractivity contribution in [1.82, 2.24) is 4.90 Å². The number of hydrogen-bond acceptors (Lipinski definition) is 2. The standard InChI is InChI=1S/C11H19NO3/c1-5-6-7-11(4,10(14)15)12(8-13)9(2)3/h5,8-9H,1,6-7H2,2-4H3,(H,14,15). The second-order valence-electron chi connectivity index (χ2n) is 4.01. The van der Waals surface area contributed by atoms with E-state index >= 15 is 0 Å². The number of amides is 1. The molecule has 0 aromatic carbocycles. The highest BCUT2D eigenvalue weighted by atomic mass is 16.4. The molecule has 0 saturated carbocycles. The van der Waals surface area contributed by atoms with Gasteiger partial charge in [-0.3, -0.25) is 4.79 Å². The van der Waals surface area contributed by atoms with Gasteiger partial charge >= 0.3 is 5.97 Å². The lowest BCUT2D eigenvalue weighted by Crippen LogP contribution is -2.54. The molecular weight excluding hydrogens is 194 g/mol. The van der Waals surface area contributed by atoms with Crippen molar-refractivity contribution < 1.29 is 14.7 Å². The SMILES string of the molecule is C=CCCC(C)(C(=O)O)N(C=O)C(C)C. The predicted octanol–water partition coefficient (Wildman–Crippen LogP) is 1.66. The summed E-state index contributed by atoms with van der Waals surface area (Å²) in [6, 6.07) is -0.131. The molecule has 86 valence electrons. The Labute approximate surface area is 90.6 Å². The van der Waals surface area contributed by atoms with Gasteiger partial charge in [-0.25, -0.2) is 4.79 Å². The van der Waals surface area contributed by atoms with Crippen LogP contribution in [0.3, 0.4) is 0 Å². The van der Waals surface area contributed by atoms with E-state index in [2.05, 4.69) is 6.58 Å². The van der Waals surface area contributed by atoms with Crippen molar-refractivity contribution in [3.05, 3.63) is 12.7 Å². The van der Waals surface area contributed by atoms with Crippen LogP contribution in [0, 0.1) is 0 Å². The molecule has 15 heavy (non-hydrogen) atoms. The number of carboxylic acid groups (broad SMARTS) is 1. The maximum atomic E-state index is 11.2. The van der Waals surface area contributed by atoms with Gasteiger partial charge in [-0.1, -0.05) is 6.08 Å². The lowest BCUT2D eigenvalue weighted by molar-refractivity contribution is -0.156. The van der Waals surface area contributed by atoms with Crippen molar-refractivity contribution in [2.75, 3.05) is 0 Å². The van der Waals surface area contributed by atoms with Crippen molar-refractivity contribution >= 4 is 12.4 Å². The smallest absolute Gasteiger partial charge is 0.329 e. The Hall–Kier alpha value is -1.32. The van der Waals surface area contributed by atoms with Crippen LogP contribution in [-0.2, 0) is 9.59 Å². The van der Waals surface area contributed by atoms with E-state index < -0.39 is 11.5 Å². The maximum absolute atomic E-state index is 11.2. The van der Waals surface area contributed by atoms with E-state index in [9.17, 15) is 14.7 Å². The normalized spacial score (nSPS) is 14.4. The van der Waals surface area contributed by atoms with Gasteiger partial charge in [0.15, 0.2) is 0 Å². The van der Waals surface area contributed by atoms with Crippen LogP contribution in [0.2, 0.25) is 0 Å². The number of aliphatic carboxylic acids is 1. The highest BCUT2D eigenvalue weighted by Gasteiger charge is 2.39. The van der Waals surface area contributed by atoms with Crippen molar-refractivity contribution in [3.63, 3.8) is 0 Å². The molecule has 0 spiro atoms. The fourth-order valence-corrected chi connectivity index (χ4v) is 1.54. The Bertz CT molecular complexity index is 250. The maximum Gasteiger partial charge on any atom is 0.329 e. The summed E-state index contributed by atoms with van der Waals surface area (Å²) in [5.41, 5.74) is -1.15. The predicted molar refractivity (Wildman–Crippen MR) is 58.5 cm³/mol. The average Bonchev–Trinajstić information content (AvgIpc) is 2.14. The molecule has 0 saturated heterocycles. The summed E-state index contributed by atoms with van der Waals surface area (Å²) in [5.74, 6) is -0.981. The average molecular weight is 213 g/mol. The highest BCUT2D eigenvalue weighted by molar-refractivity contribution is 5.81. The summed E-state index contributed by atoms with van der Waals surface area (Å²) in [6.07, 6.45) is 3.20. The molecule has 1 atom stereocenters. The molecule has 1 unspecified atom stereocenters. The molecule has 1 N–H and O–H groups in total. The van der Waals surface area contributed by atoms with E-state index in [1.807, 2.05) is 0 Å². The third kappa shape index (κ3) is 3.08. The second kappa shape index (κ2) is 5.53. The van der Waals surface area contributed by atoms with Gasteiger partial charge in [0, 0.05) is 6.04 Å². The zero-order valence-electron chi connectivity index (χ0n) is 9.56. The highest BCUT2D eigenvalue weighted by Crippen LogP contribution is 2.23. The van der Waals surface area contributed by atoms with Crippen LogP contribution < -0.4 is 0 Å². The number of nitrogens with zero attached hydrogens (tertiary/aromatic N) is 1. The summed E-state index contributed by atoms with van der Waals surface area (Å²) >= 11 is 0. The first-order valence-electron chi connectivity index (χ1n) is 4.98. The van der Waals surface area contributed by atoms with Gasteiger partial charge in [-0.05, 0) is 33.6 Å². The van der Waals surface area contributed by atoms with Gasteiger partial charge in [-0.2, -0.15) is 0 Å². The summed E-state index contributed by atoms with van der Waals surface area (Å²) in [7, 11) is 0. The van der Waals surface area contributed by atoms with E-state index in [0.29, 0.717) is 19.3 Å². The molecule has 0 heterocycles. The van der Waals surface area contributed by atoms with E-state index in [1.54, 1.807) is 26.8 Å². The van der Waals surface area contributed by atoms with Crippen LogP contribution in [0.25, 0.3) is 0 Å². The summed E-state index contributed by atoms with van der Waals surface area (Å²) in [6.45, 7) is 8.71. The summed E-state index contributed by atoms with van der Waals surface area (Å²) < 4.78 is 0. The van der Waals surface area contributed by atoms with Gasteiger partial charge in [0.25, 0.3) is 0 Å². The molecule has 0 aromatic rings. The monoisotopic (exact) mass is 213 g/mol. The molecule has 4 heteroatoms. The molecule has 0 bridgehead atoms. The van der Waals surface area contributed by atoms with E-state index in [0.717, 1.165) is 0 Å². The van der Waals surface area contributed by atoms with Gasteiger partial charge in [0.1, 0.15) is 5.54 Å². The van der Waals surface area contributed by atoms with Crippen LogP contribution in [0.1, 0.15) is 33.6 Å². The van der Waals surface area contributed by atoms with Crippen molar-refractivity contribution in [2.24, 2.45) is 0 Å². The zero-order chi connectivity index (χ0) is 12.1. The molecule has 0 radical (unpaired) electrons. The first-order chi connectivity index (χ1) is 6.90. The molecule has 0 aromatic heterocycles. The first kappa shape index (κ1) is 13.7. The number of carboxylic acids is 1. The van der Waals surface area contributed by atoms with Crippen molar-refractivity contribution in [1.29, 1.82) is 0 Å². The van der Waals surface area contributed by atoms with Crippen molar-refractivity contribution in [2.45, 2.75) is 45.2 Å². The minimum absolute atomic E-state index is 0.131. The van der Waals surface area contributed by atoms with Gasteiger partial charge in [-0.15, -0.1) is 6.58 Å². The number of hydrogen-bond donors (Lipinski definition) is 1. The van der Waals surface area contributed by atoms with Crippen LogP contribution in [0.5, 0.6) is 0 Å². The lowest BCUT2D eigenvalue weighted by atomic mass is 9.93. The third-order valence-corrected chi connectivity index (χ3v) is 2.54. The van der Waals surface area contributed by atoms with E-state index in [4.69, 9.17) is 0 Å². The Morgan fingerprint density at radius 2 is 2.13 bits per heavy atom. The first-order valence-corrected chi connectivity index (χ1v) is 4.98. The number of carbonyl (C=O) groups excluding carboxylic acids is 1. The van der Waals surface area contributed by atoms with Crippen LogP contribution in [-0.4, -0.2) is 34.0 Å². The fraction of sp³-hybridized carbons (Fsp3) is 0.636. The minimum atomic E-state index is -1.15. The Morgan fingerprint density at radius 3 is 2.40 bits per heavy atom. The zero-order valence-corrected chi connectivity index (χ0v) is 9.56. The number of carbonyl (C=O) groups is 2. The molecule has 0 aliphatic heterocycles.